The van der Waals surface area contributed by atoms with Gasteiger partial charge in [-0.25, -0.2) is 0 Å². The van der Waals surface area contributed by atoms with Gasteiger partial charge in [0, 0.05) is 17.5 Å². The van der Waals surface area contributed by atoms with Crippen molar-refractivity contribution in [2.45, 2.75) is 26.8 Å². The maximum Gasteiger partial charge on any atom is 0.224 e. The predicted octanol–water partition coefficient (Wildman–Crippen LogP) is 3.92. The molecule has 4 heteroatoms. The van der Waals surface area contributed by atoms with Crippen LogP contribution in [-0.4, -0.2) is 13.0 Å². The summed E-state index contributed by atoms with van der Waals surface area (Å²) < 4.78 is 10.7. The lowest BCUT2D eigenvalue weighted by Crippen LogP contribution is -2.24. The third-order valence-electron chi connectivity index (χ3n) is 4.09. The van der Waals surface area contributed by atoms with Gasteiger partial charge < -0.3 is 14.5 Å². The van der Waals surface area contributed by atoms with E-state index in [9.17, 15) is 4.79 Å². The van der Waals surface area contributed by atoms with E-state index in [4.69, 9.17) is 9.15 Å². The van der Waals surface area contributed by atoms with E-state index in [0.29, 0.717) is 13.0 Å². The third-order valence-corrected chi connectivity index (χ3v) is 4.09. The molecule has 1 aromatic heterocycles. The molecule has 0 saturated carbocycles. The molecular formula is C20H21NO3. The topological polar surface area (TPSA) is 51.5 Å². The normalized spacial score (nSPS) is 10.8. The molecule has 0 unspecified atom stereocenters. The molecule has 0 spiro atoms. The number of furan rings is 1. The Morgan fingerprint density at radius 2 is 1.92 bits per heavy atom. The molecule has 0 aliphatic carbocycles. The van der Waals surface area contributed by atoms with Crippen LogP contribution >= 0.6 is 0 Å². The first kappa shape index (κ1) is 16.1. The van der Waals surface area contributed by atoms with Crippen LogP contribution in [0.25, 0.3) is 11.0 Å². The van der Waals surface area contributed by atoms with Crippen LogP contribution in [0.15, 0.2) is 47.1 Å². The first-order chi connectivity index (χ1) is 11.6. The highest BCUT2D eigenvalue weighted by Crippen LogP contribution is 2.26. The smallest absolute Gasteiger partial charge is 0.224 e. The van der Waals surface area contributed by atoms with Crippen LogP contribution in [0, 0.1) is 13.8 Å². The number of aryl methyl sites for hydroxylation is 2. The number of methoxy groups -OCH3 is 1. The molecule has 1 heterocycles. The second-order valence-corrected chi connectivity index (χ2v) is 6.02. The summed E-state index contributed by atoms with van der Waals surface area (Å²) in [6, 6.07) is 11.8. The Bertz CT molecular complexity index is 862. The van der Waals surface area contributed by atoms with Crippen molar-refractivity contribution in [2.24, 2.45) is 0 Å². The van der Waals surface area contributed by atoms with Crippen LogP contribution in [-0.2, 0) is 17.8 Å². The number of nitrogens with one attached hydrogen (secondary N) is 1. The Balaban J connectivity index is 1.66. The maximum atomic E-state index is 12.3. The van der Waals surface area contributed by atoms with Gasteiger partial charge in [-0.2, -0.15) is 0 Å². The van der Waals surface area contributed by atoms with Crippen LogP contribution in [0.5, 0.6) is 5.75 Å². The number of carbonyl (C=O) groups excluding carboxylic acids is 1. The molecule has 0 radical (unpaired) electrons. The summed E-state index contributed by atoms with van der Waals surface area (Å²) in [6.45, 7) is 4.58. The molecule has 1 N–H and O–H groups in total. The second kappa shape index (κ2) is 6.79. The van der Waals surface area contributed by atoms with E-state index in [0.717, 1.165) is 39.0 Å². The number of hydrogen-bond donors (Lipinski definition) is 1. The van der Waals surface area contributed by atoms with Gasteiger partial charge in [0.15, 0.2) is 0 Å². The van der Waals surface area contributed by atoms with Gasteiger partial charge in [-0.15, -0.1) is 0 Å². The number of amides is 1. The molecule has 3 aromatic rings. The van der Waals surface area contributed by atoms with Gasteiger partial charge in [-0.1, -0.05) is 18.2 Å². The molecule has 0 aliphatic heterocycles. The van der Waals surface area contributed by atoms with Crippen LogP contribution in [0.2, 0.25) is 0 Å². The molecule has 124 valence electrons. The van der Waals surface area contributed by atoms with Gasteiger partial charge in [0.25, 0.3) is 0 Å². The van der Waals surface area contributed by atoms with Gasteiger partial charge in [-0.3, -0.25) is 4.79 Å². The van der Waals surface area contributed by atoms with Gasteiger partial charge in [0.1, 0.15) is 11.3 Å². The van der Waals surface area contributed by atoms with Crippen LogP contribution in [0.3, 0.4) is 0 Å². The van der Waals surface area contributed by atoms with E-state index in [-0.39, 0.29) is 5.91 Å². The first-order valence-corrected chi connectivity index (χ1v) is 7.94. The SMILES string of the molecule is COc1ccc(CNC(=O)Cc2coc3cc(C)cc(C)c23)cc1. The van der Waals surface area contributed by atoms with E-state index in [1.165, 1.54) is 0 Å². The summed E-state index contributed by atoms with van der Waals surface area (Å²) in [4.78, 5) is 12.3. The van der Waals surface area contributed by atoms with Gasteiger partial charge in [0.05, 0.1) is 19.8 Å². The van der Waals surface area contributed by atoms with E-state index >= 15 is 0 Å². The molecule has 0 atom stereocenters. The summed E-state index contributed by atoms with van der Waals surface area (Å²) in [5.74, 6) is 0.786. The van der Waals surface area contributed by atoms with Crippen molar-refractivity contribution in [3.05, 3.63) is 64.9 Å². The fourth-order valence-corrected chi connectivity index (χ4v) is 2.94. The molecule has 3 rings (SSSR count). The number of ether oxygens (including phenoxy) is 1. The number of carbonyl (C=O) groups is 1. The lowest BCUT2D eigenvalue weighted by atomic mass is 10.0. The highest BCUT2D eigenvalue weighted by Gasteiger charge is 2.12. The third kappa shape index (κ3) is 3.43. The van der Waals surface area contributed by atoms with E-state index < -0.39 is 0 Å². The Morgan fingerprint density at radius 1 is 1.17 bits per heavy atom. The minimum atomic E-state index is -0.0199. The molecule has 0 saturated heterocycles. The maximum absolute atomic E-state index is 12.3. The molecule has 0 fully saturated rings. The van der Waals surface area contributed by atoms with Crippen LogP contribution in [0.1, 0.15) is 22.3 Å². The molecule has 4 nitrogen and oxygen atoms in total. The van der Waals surface area contributed by atoms with Crippen molar-refractivity contribution < 1.29 is 13.9 Å². The average molecular weight is 323 g/mol. The van der Waals surface area contributed by atoms with E-state index in [1.54, 1.807) is 13.4 Å². The Kier molecular flexibility index (Phi) is 4.56. The fraction of sp³-hybridized carbons (Fsp3) is 0.250. The summed E-state index contributed by atoms with van der Waals surface area (Å²) >= 11 is 0. The predicted molar refractivity (Wildman–Crippen MR) is 94.2 cm³/mol. The standard InChI is InChI=1S/C20H21NO3/c1-13-8-14(2)20-16(12-24-18(20)9-13)10-19(22)21-11-15-4-6-17(23-3)7-5-15/h4-9,12H,10-11H2,1-3H3,(H,21,22). The molecule has 2 aromatic carbocycles. The van der Waals surface area contributed by atoms with Crippen molar-refractivity contribution >= 4 is 16.9 Å². The van der Waals surface area contributed by atoms with Gasteiger partial charge in [-0.05, 0) is 48.7 Å². The lowest BCUT2D eigenvalue weighted by Gasteiger charge is -2.06. The van der Waals surface area contributed by atoms with Gasteiger partial charge in [0.2, 0.25) is 5.91 Å². The molecule has 0 bridgehead atoms. The molecule has 0 aliphatic rings. The molecule has 24 heavy (non-hydrogen) atoms. The number of hydrogen-bond acceptors (Lipinski definition) is 3. The Hall–Kier alpha value is -2.75. The first-order valence-electron chi connectivity index (χ1n) is 7.94. The van der Waals surface area contributed by atoms with Crippen molar-refractivity contribution in [3.63, 3.8) is 0 Å². The largest absolute Gasteiger partial charge is 0.497 e. The number of fused-ring (bicyclic) bond motifs is 1. The second-order valence-electron chi connectivity index (χ2n) is 6.02. The Labute approximate surface area is 141 Å². The summed E-state index contributed by atoms with van der Waals surface area (Å²) in [5, 5.41) is 3.99. The Morgan fingerprint density at radius 3 is 2.62 bits per heavy atom. The van der Waals surface area contributed by atoms with E-state index in [2.05, 4.69) is 11.4 Å². The summed E-state index contributed by atoms with van der Waals surface area (Å²) in [5.41, 5.74) is 5.09. The lowest BCUT2D eigenvalue weighted by molar-refractivity contribution is -0.120. The highest BCUT2D eigenvalue weighted by molar-refractivity contribution is 5.90. The van der Waals surface area contributed by atoms with Crippen molar-refractivity contribution in [1.29, 1.82) is 0 Å². The zero-order chi connectivity index (χ0) is 17.1. The average Bonchev–Trinajstić information content (AvgIpc) is 2.96. The minimum Gasteiger partial charge on any atom is -0.497 e. The zero-order valence-corrected chi connectivity index (χ0v) is 14.2. The van der Waals surface area contributed by atoms with Crippen molar-refractivity contribution in [3.8, 4) is 5.75 Å². The molecular weight excluding hydrogens is 302 g/mol. The summed E-state index contributed by atoms with van der Waals surface area (Å²) in [6.07, 6.45) is 2.00. The van der Waals surface area contributed by atoms with Crippen LogP contribution < -0.4 is 10.1 Å². The van der Waals surface area contributed by atoms with Crippen molar-refractivity contribution in [1.82, 2.24) is 5.32 Å². The quantitative estimate of drug-likeness (QED) is 0.774. The number of benzene rings is 2. The minimum absolute atomic E-state index is 0.0199. The van der Waals surface area contributed by atoms with Gasteiger partial charge >= 0.3 is 0 Å². The molecule has 1 amide bonds. The zero-order valence-electron chi connectivity index (χ0n) is 14.2. The van der Waals surface area contributed by atoms with E-state index in [1.807, 2.05) is 44.2 Å². The fourth-order valence-electron chi connectivity index (χ4n) is 2.94. The number of rotatable bonds is 5. The highest BCUT2D eigenvalue weighted by atomic mass is 16.5. The summed E-state index contributed by atoms with van der Waals surface area (Å²) in [7, 11) is 1.63. The van der Waals surface area contributed by atoms with Crippen molar-refractivity contribution in [2.75, 3.05) is 7.11 Å². The van der Waals surface area contributed by atoms with Crippen LogP contribution in [0.4, 0.5) is 0 Å². The monoisotopic (exact) mass is 323 g/mol.